The molecule has 0 amide bonds. The second-order valence-corrected chi connectivity index (χ2v) is 3.94. The van der Waals surface area contributed by atoms with Crippen molar-refractivity contribution in [3.63, 3.8) is 0 Å². The van der Waals surface area contributed by atoms with Gasteiger partial charge in [-0.1, -0.05) is 6.08 Å². The summed E-state index contributed by atoms with van der Waals surface area (Å²) in [5.74, 6) is 1.17. The van der Waals surface area contributed by atoms with E-state index in [1.54, 1.807) is 0 Å². The predicted molar refractivity (Wildman–Crippen MR) is 47.5 cm³/mol. The Labute approximate surface area is 70.6 Å². The van der Waals surface area contributed by atoms with Gasteiger partial charge in [0.1, 0.15) is 6.29 Å². The van der Waals surface area contributed by atoms with Gasteiger partial charge in [0.15, 0.2) is 0 Å². The van der Waals surface area contributed by atoms with Crippen molar-refractivity contribution in [3.05, 3.63) is 22.1 Å². The number of carbonyl (C=O) groups excluding carboxylic acids is 1. The molecule has 0 radical (unpaired) electrons. The molecule has 1 aliphatic carbocycles. The Morgan fingerprint density at radius 3 is 3.18 bits per heavy atom. The molecule has 0 N–H and O–H groups in total. The lowest BCUT2D eigenvalue weighted by Crippen LogP contribution is -1.95. The molecule has 0 saturated carbocycles. The molecule has 11 heavy (non-hydrogen) atoms. The van der Waals surface area contributed by atoms with E-state index in [9.17, 15) is 4.79 Å². The maximum absolute atomic E-state index is 10.6. The van der Waals surface area contributed by atoms with Gasteiger partial charge in [-0.15, -0.1) is 11.8 Å². The summed E-state index contributed by atoms with van der Waals surface area (Å²) in [4.78, 5) is 11.9. The highest BCUT2D eigenvalue weighted by atomic mass is 32.2. The monoisotopic (exact) mass is 166 g/mol. The predicted octanol–water partition coefficient (Wildman–Crippen LogP) is 2.30. The van der Waals surface area contributed by atoms with Gasteiger partial charge in [-0.25, -0.2) is 0 Å². The first kappa shape index (κ1) is 7.17. The summed E-state index contributed by atoms with van der Waals surface area (Å²) in [5.41, 5.74) is 2.45. The second kappa shape index (κ2) is 2.86. The molecule has 2 aliphatic rings. The number of carbonyl (C=O) groups is 1. The Bertz CT molecular complexity index is 250. The fourth-order valence-corrected chi connectivity index (χ4v) is 2.82. The average molecular weight is 166 g/mol. The van der Waals surface area contributed by atoms with Gasteiger partial charge in [0.2, 0.25) is 0 Å². The molecule has 2 heteroatoms. The molecule has 0 atom stereocenters. The van der Waals surface area contributed by atoms with Crippen molar-refractivity contribution >= 4 is 18.0 Å². The lowest BCUT2D eigenvalue weighted by atomic mass is 9.99. The van der Waals surface area contributed by atoms with Crippen LogP contribution in [0, 0.1) is 0 Å². The highest BCUT2D eigenvalue weighted by Gasteiger charge is 2.20. The fraction of sp³-hybridized carbons (Fsp3) is 0.444. The van der Waals surface area contributed by atoms with E-state index in [4.69, 9.17) is 0 Å². The van der Waals surface area contributed by atoms with Crippen molar-refractivity contribution in [3.8, 4) is 0 Å². The number of hydrogen-bond acceptors (Lipinski definition) is 2. The maximum Gasteiger partial charge on any atom is 0.147 e. The average Bonchev–Trinajstić information content (AvgIpc) is 2.50. The Morgan fingerprint density at radius 2 is 2.36 bits per heavy atom. The Balaban J connectivity index is 2.40. The van der Waals surface area contributed by atoms with E-state index >= 15 is 0 Å². The van der Waals surface area contributed by atoms with Crippen LogP contribution in [-0.4, -0.2) is 12.0 Å². The van der Waals surface area contributed by atoms with Gasteiger partial charge in [0.25, 0.3) is 0 Å². The first-order chi connectivity index (χ1) is 5.42. The SMILES string of the molecule is O=CC1=C2SCCC2=CCC1. The van der Waals surface area contributed by atoms with Crippen LogP contribution in [0.15, 0.2) is 22.1 Å². The molecule has 0 aromatic rings. The normalized spacial score (nSPS) is 23.1. The Morgan fingerprint density at radius 1 is 1.45 bits per heavy atom. The van der Waals surface area contributed by atoms with Crippen molar-refractivity contribution < 1.29 is 4.79 Å². The van der Waals surface area contributed by atoms with Crippen LogP contribution in [-0.2, 0) is 4.79 Å². The summed E-state index contributed by atoms with van der Waals surface area (Å²) in [5, 5.41) is 0. The van der Waals surface area contributed by atoms with Gasteiger partial charge in [-0.05, 0) is 24.8 Å². The van der Waals surface area contributed by atoms with Crippen LogP contribution in [0.3, 0.4) is 0 Å². The van der Waals surface area contributed by atoms with Crippen molar-refractivity contribution in [2.24, 2.45) is 0 Å². The maximum atomic E-state index is 10.6. The zero-order valence-electron chi connectivity index (χ0n) is 6.30. The minimum atomic E-state index is 0.954. The number of aldehydes is 1. The smallest absolute Gasteiger partial charge is 0.147 e. The van der Waals surface area contributed by atoms with Crippen LogP contribution in [0.1, 0.15) is 19.3 Å². The Hall–Kier alpha value is -0.500. The molecule has 1 fully saturated rings. The molecule has 0 aromatic carbocycles. The quantitative estimate of drug-likeness (QED) is 0.556. The van der Waals surface area contributed by atoms with Crippen LogP contribution in [0.2, 0.25) is 0 Å². The van der Waals surface area contributed by atoms with Gasteiger partial charge in [0.05, 0.1) is 0 Å². The molecule has 0 unspecified atom stereocenters. The molecule has 58 valence electrons. The molecular weight excluding hydrogens is 156 g/mol. The van der Waals surface area contributed by atoms with Crippen molar-refractivity contribution in [2.75, 3.05) is 5.75 Å². The van der Waals surface area contributed by atoms with Gasteiger partial charge in [-0.2, -0.15) is 0 Å². The molecule has 0 aromatic heterocycles. The molecule has 1 aliphatic heterocycles. The zero-order valence-corrected chi connectivity index (χ0v) is 7.12. The minimum absolute atomic E-state index is 0.954. The molecule has 1 heterocycles. The molecule has 0 spiro atoms. The molecule has 2 rings (SSSR count). The second-order valence-electron chi connectivity index (χ2n) is 2.84. The number of fused-ring (bicyclic) bond motifs is 1. The summed E-state index contributed by atoms with van der Waals surface area (Å²) in [6.45, 7) is 0. The number of thioether (sulfide) groups is 1. The lowest BCUT2D eigenvalue weighted by Gasteiger charge is -2.10. The molecule has 1 saturated heterocycles. The number of hydrogen-bond donors (Lipinski definition) is 0. The van der Waals surface area contributed by atoms with Crippen LogP contribution in [0.25, 0.3) is 0 Å². The zero-order chi connectivity index (χ0) is 7.68. The van der Waals surface area contributed by atoms with E-state index in [2.05, 4.69) is 6.08 Å². The summed E-state index contributed by atoms with van der Waals surface area (Å²) >= 11 is 1.84. The van der Waals surface area contributed by atoms with E-state index in [-0.39, 0.29) is 0 Å². The van der Waals surface area contributed by atoms with E-state index in [1.807, 2.05) is 11.8 Å². The van der Waals surface area contributed by atoms with Gasteiger partial charge < -0.3 is 0 Å². The number of allylic oxidation sites excluding steroid dienone is 3. The number of rotatable bonds is 1. The van der Waals surface area contributed by atoms with Gasteiger partial charge >= 0.3 is 0 Å². The summed E-state index contributed by atoms with van der Waals surface area (Å²) in [7, 11) is 0. The van der Waals surface area contributed by atoms with Crippen LogP contribution in [0.5, 0.6) is 0 Å². The van der Waals surface area contributed by atoms with E-state index in [0.29, 0.717) is 0 Å². The largest absolute Gasteiger partial charge is 0.298 e. The highest BCUT2D eigenvalue weighted by Crippen LogP contribution is 2.41. The highest BCUT2D eigenvalue weighted by molar-refractivity contribution is 8.03. The molecule has 0 bridgehead atoms. The van der Waals surface area contributed by atoms with Crippen molar-refractivity contribution in [1.29, 1.82) is 0 Å². The van der Waals surface area contributed by atoms with Gasteiger partial charge in [0, 0.05) is 16.2 Å². The summed E-state index contributed by atoms with van der Waals surface area (Å²) in [6, 6.07) is 0. The molecular formula is C9H10OS. The van der Waals surface area contributed by atoms with E-state index in [0.717, 1.165) is 31.1 Å². The van der Waals surface area contributed by atoms with E-state index < -0.39 is 0 Å². The van der Waals surface area contributed by atoms with Crippen molar-refractivity contribution in [2.45, 2.75) is 19.3 Å². The fourth-order valence-electron chi connectivity index (χ4n) is 1.59. The lowest BCUT2D eigenvalue weighted by molar-refractivity contribution is -0.105. The first-order valence-electron chi connectivity index (χ1n) is 3.92. The topological polar surface area (TPSA) is 17.1 Å². The third kappa shape index (κ3) is 1.16. The van der Waals surface area contributed by atoms with E-state index in [1.165, 1.54) is 16.2 Å². The van der Waals surface area contributed by atoms with Crippen molar-refractivity contribution in [1.82, 2.24) is 0 Å². The Kier molecular flexibility index (Phi) is 1.86. The summed E-state index contributed by atoms with van der Waals surface area (Å²) < 4.78 is 0. The van der Waals surface area contributed by atoms with Crippen LogP contribution in [0.4, 0.5) is 0 Å². The third-order valence-corrected chi connectivity index (χ3v) is 3.37. The summed E-state index contributed by atoms with van der Waals surface area (Å²) in [6.07, 6.45) is 6.49. The standard InChI is InChI=1S/C9H10OS/c10-6-8-3-1-2-7-4-5-11-9(7)8/h2,6H,1,3-5H2. The van der Waals surface area contributed by atoms with Crippen LogP contribution < -0.4 is 0 Å². The molecule has 1 nitrogen and oxygen atoms in total. The minimum Gasteiger partial charge on any atom is -0.298 e. The third-order valence-electron chi connectivity index (χ3n) is 2.15. The van der Waals surface area contributed by atoms with Gasteiger partial charge in [-0.3, -0.25) is 4.79 Å². The van der Waals surface area contributed by atoms with Crippen LogP contribution >= 0.6 is 11.8 Å². The first-order valence-corrected chi connectivity index (χ1v) is 4.91.